The van der Waals surface area contributed by atoms with E-state index in [-0.39, 0.29) is 24.4 Å². The average molecular weight is 470 g/mol. The van der Waals surface area contributed by atoms with E-state index in [2.05, 4.69) is 9.97 Å². The zero-order valence-electron chi connectivity index (χ0n) is 18.6. The molecular weight excluding hydrogens is 445 g/mol. The lowest BCUT2D eigenvalue weighted by Crippen LogP contribution is -2.35. The number of hydrogen-bond acceptors (Lipinski definition) is 5. The van der Waals surface area contributed by atoms with E-state index in [1.165, 1.54) is 35.9 Å². The predicted octanol–water partition coefficient (Wildman–Crippen LogP) is 4.53. The van der Waals surface area contributed by atoms with Crippen molar-refractivity contribution in [3.8, 4) is 0 Å². The molecule has 178 valence electrons. The van der Waals surface area contributed by atoms with Crippen LogP contribution in [0.15, 0.2) is 47.8 Å². The molecule has 1 saturated carbocycles. The number of carbonyl (C=O) groups is 2. The standard InChI is InChI=1S/C25H25F3N4O2/c26-25(27,28)21-6-2-1-5-20(21)23(34)31-12-18-14-32(15-19(18)13-31)24-29-10-17(11-30-24)22(33)7-3-4-16-8-9-16/h1-2,5-6,10-11,16H,3-4,7-9,12-15H2. The summed E-state index contributed by atoms with van der Waals surface area (Å²) in [5.41, 5.74) is 1.28. The molecule has 1 amide bonds. The second-order valence-corrected chi connectivity index (χ2v) is 9.30. The summed E-state index contributed by atoms with van der Waals surface area (Å²) in [6.07, 6.45) is 3.64. The summed E-state index contributed by atoms with van der Waals surface area (Å²) in [7, 11) is 0. The lowest BCUT2D eigenvalue weighted by molar-refractivity contribution is -0.138. The van der Waals surface area contributed by atoms with Crippen LogP contribution in [0, 0.1) is 5.92 Å². The molecular formula is C25H25F3N4O2. The minimum atomic E-state index is -4.58. The fourth-order valence-corrected chi connectivity index (χ4v) is 4.68. The van der Waals surface area contributed by atoms with Crippen LogP contribution < -0.4 is 4.90 Å². The van der Waals surface area contributed by atoms with Gasteiger partial charge in [-0.15, -0.1) is 0 Å². The van der Waals surface area contributed by atoms with E-state index in [1.807, 2.05) is 4.90 Å². The number of anilines is 1. The molecule has 2 aliphatic heterocycles. The van der Waals surface area contributed by atoms with E-state index in [1.54, 1.807) is 12.4 Å². The van der Waals surface area contributed by atoms with Gasteiger partial charge in [0.15, 0.2) is 5.78 Å². The molecule has 0 spiro atoms. The molecule has 0 saturated heterocycles. The highest BCUT2D eigenvalue weighted by atomic mass is 19.4. The first-order valence-electron chi connectivity index (χ1n) is 11.5. The van der Waals surface area contributed by atoms with Crippen LogP contribution in [0.2, 0.25) is 0 Å². The number of ketones is 1. The Morgan fingerprint density at radius 3 is 2.24 bits per heavy atom. The Labute approximate surface area is 195 Å². The molecule has 1 fully saturated rings. The van der Waals surface area contributed by atoms with Gasteiger partial charge < -0.3 is 9.80 Å². The minimum absolute atomic E-state index is 0.0579. The third-order valence-electron chi connectivity index (χ3n) is 6.73. The van der Waals surface area contributed by atoms with E-state index in [0.717, 1.165) is 36.0 Å². The van der Waals surface area contributed by atoms with Crippen LogP contribution in [0.1, 0.15) is 58.4 Å². The first-order valence-corrected chi connectivity index (χ1v) is 11.5. The Hall–Kier alpha value is -3.23. The summed E-state index contributed by atoms with van der Waals surface area (Å²) >= 11 is 0. The van der Waals surface area contributed by atoms with Crippen LogP contribution >= 0.6 is 0 Å². The number of aromatic nitrogens is 2. The van der Waals surface area contributed by atoms with Crippen LogP contribution in [-0.4, -0.2) is 52.7 Å². The first kappa shape index (κ1) is 22.6. The van der Waals surface area contributed by atoms with Gasteiger partial charge in [0.2, 0.25) is 5.95 Å². The number of Topliss-reactive ketones (excluding diaryl/α,β-unsaturated/α-hetero) is 1. The van der Waals surface area contributed by atoms with Crippen molar-refractivity contribution < 1.29 is 22.8 Å². The SMILES string of the molecule is O=C(CCCC1CC1)c1cnc(N2CC3=C(CN(C(=O)c4ccccc4C(F)(F)F)C3)C2)nc1. The molecule has 3 heterocycles. The number of carbonyl (C=O) groups excluding carboxylic acids is 2. The summed E-state index contributed by atoms with van der Waals surface area (Å²) < 4.78 is 39.9. The van der Waals surface area contributed by atoms with Crippen LogP contribution in [0.25, 0.3) is 0 Å². The highest BCUT2D eigenvalue weighted by Gasteiger charge is 2.38. The number of halogens is 3. The van der Waals surface area contributed by atoms with Gasteiger partial charge in [-0.2, -0.15) is 13.2 Å². The molecule has 6 nitrogen and oxygen atoms in total. The molecule has 0 unspecified atom stereocenters. The van der Waals surface area contributed by atoms with E-state index < -0.39 is 17.6 Å². The van der Waals surface area contributed by atoms with Crippen molar-refractivity contribution in [3.05, 3.63) is 64.5 Å². The number of benzene rings is 1. The van der Waals surface area contributed by atoms with Crippen molar-refractivity contribution >= 4 is 17.6 Å². The van der Waals surface area contributed by atoms with Gasteiger partial charge in [0.1, 0.15) is 0 Å². The molecule has 9 heteroatoms. The summed E-state index contributed by atoms with van der Waals surface area (Å²) in [5, 5.41) is 0. The molecule has 1 aromatic carbocycles. The summed E-state index contributed by atoms with van der Waals surface area (Å²) in [5.74, 6) is 0.753. The summed E-state index contributed by atoms with van der Waals surface area (Å²) in [6.45, 7) is 1.59. The second-order valence-electron chi connectivity index (χ2n) is 9.30. The van der Waals surface area contributed by atoms with E-state index in [9.17, 15) is 22.8 Å². The van der Waals surface area contributed by atoms with Crippen LogP contribution in [-0.2, 0) is 6.18 Å². The maximum Gasteiger partial charge on any atom is 0.417 e. The molecule has 0 N–H and O–H groups in total. The van der Waals surface area contributed by atoms with E-state index in [0.29, 0.717) is 31.0 Å². The molecule has 2 aromatic rings. The predicted molar refractivity (Wildman–Crippen MR) is 120 cm³/mol. The van der Waals surface area contributed by atoms with Gasteiger partial charge >= 0.3 is 6.18 Å². The van der Waals surface area contributed by atoms with Gasteiger partial charge in [-0.1, -0.05) is 31.4 Å². The third kappa shape index (κ3) is 4.69. The largest absolute Gasteiger partial charge is 0.417 e. The number of amides is 1. The zero-order chi connectivity index (χ0) is 23.9. The third-order valence-corrected chi connectivity index (χ3v) is 6.73. The molecule has 0 bridgehead atoms. The molecule has 3 aliphatic rings. The highest BCUT2D eigenvalue weighted by molar-refractivity contribution is 5.97. The van der Waals surface area contributed by atoms with Crippen molar-refractivity contribution in [2.24, 2.45) is 5.92 Å². The van der Waals surface area contributed by atoms with Crippen LogP contribution in [0.5, 0.6) is 0 Å². The van der Waals surface area contributed by atoms with Crippen LogP contribution in [0.4, 0.5) is 19.1 Å². The van der Waals surface area contributed by atoms with Gasteiger partial charge in [0.05, 0.1) is 16.7 Å². The smallest absolute Gasteiger partial charge is 0.333 e. The minimum Gasteiger partial charge on any atom is -0.333 e. The number of nitrogens with zero attached hydrogens (tertiary/aromatic N) is 4. The van der Waals surface area contributed by atoms with Crippen molar-refractivity contribution in [2.75, 3.05) is 31.1 Å². The molecule has 1 aliphatic carbocycles. The van der Waals surface area contributed by atoms with E-state index in [4.69, 9.17) is 0 Å². The fourth-order valence-electron chi connectivity index (χ4n) is 4.68. The molecule has 34 heavy (non-hydrogen) atoms. The molecule has 1 aromatic heterocycles. The van der Waals surface area contributed by atoms with Gasteiger partial charge in [-0.25, -0.2) is 9.97 Å². The van der Waals surface area contributed by atoms with E-state index >= 15 is 0 Å². The number of hydrogen-bond donors (Lipinski definition) is 0. The summed E-state index contributed by atoms with van der Waals surface area (Å²) in [6, 6.07) is 4.89. The first-order chi connectivity index (χ1) is 16.3. The van der Waals surface area contributed by atoms with Gasteiger partial charge in [-0.3, -0.25) is 9.59 Å². The maximum atomic E-state index is 13.3. The van der Waals surface area contributed by atoms with Gasteiger partial charge in [0.25, 0.3) is 5.91 Å². The van der Waals surface area contributed by atoms with Crippen molar-refractivity contribution in [1.82, 2.24) is 14.9 Å². The van der Waals surface area contributed by atoms with Crippen molar-refractivity contribution in [1.29, 1.82) is 0 Å². The Morgan fingerprint density at radius 1 is 0.971 bits per heavy atom. The Morgan fingerprint density at radius 2 is 1.62 bits per heavy atom. The highest BCUT2D eigenvalue weighted by Crippen LogP contribution is 2.35. The molecule has 5 rings (SSSR count). The Bertz CT molecular complexity index is 1120. The monoisotopic (exact) mass is 470 g/mol. The topological polar surface area (TPSA) is 66.4 Å². The second kappa shape index (κ2) is 8.85. The summed E-state index contributed by atoms with van der Waals surface area (Å²) in [4.78, 5) is 37.3. The van der Waals surface area contributed by atoms with Gasteiger partial charge in [-0.05, 0) is 35.6 Å². The van der Waals surface area contributed by atoms with Crippen molar-refractivity contribution in [3.63, 3.8) is 0 Å². The average Bonchev–Trinajstić information content (AvgIpc) is 3.43. The fraction of sp³-hybridized carbons (Fsp3) is 0.440. The van der Waals surface area contributed by atoms with Gasteiger partial charge in [0, 0.05) is 45.0 Å². The zero-order valence-corrected chi connectivity index (χ0v) is 18.6. The lowest BCUT2D eigenvalue weighted by atomic mass is 10.1. The molecule has 0 radical (unpaired) electrons. The number of alkyl halides is 3. The Kier molecular flexibility index (Phi) is 5.87. The Balaban J connectivity index is 1.17. The number of rotatable bonds is 7. The maximum absolute atomic E-state index is 13.3. The van der Waals surface area contributed by atoms with Crippen molar-refractivity contribution in [2.45, 2.75) is 38.3 Å². The van der Waals surface area contributed by atoms with Crippen LogP contribution in [0.3, 0.4) is 0 Å². The lowest BCUT2D eigenvalue weighted by Gasteiger charge is -2.24. The molecule has 0 atom stereocenters. The quantitative estimate of drug-likeness (QED) is 0.439. The normalized spacial score (nSPS) is 18.0.